The maximum Gasteiger partial charge on any atom is 0.180 e. The van der Waals surface area contributed by atoms with Crippen molar-refractivity contribution in [3.05, 3.63) is 12.2 Å². The molecule has 0 unspecified atom stereocenters. The monoisotopic (exact) mass is 116 g/mol. The van der Waals surface area contributed by atoms with Gasteiger partial charge in [0, 0.05) is 0 Å². The van der Waals surface area contributed by atoms with Gasteiger partial charge in [0.15, 0.2) is 5.78 Å². The smallest absolute Gasteiger partial charge is 0.180 e. The van der Waals surface area contributed by atoms with Crippen LogP contribution in [0.25, 0.3) is 0 Å². The molecule has 3 heteroatoms. The van der Waals surface area contributed by atoms with E-state index in [1.165, 1.54) is 6.08 Å². The maximum atomic E-state index is 10.2. The van der Waals surface area contributed by atoms with Gasteiger partial charge in [-0.05, 0) is 12.2 Å². The zero-order valence-electron chi connectivity index (χ0n) is 4.63. The summed E-state index contributed by atoms with van der Waals surface area (Å²) in [7, 11) is 0. The van der Waals surface area contributed by atoms with Gasteiger partial charge in [0.1, 0.15) is 6.61 Å². The van der Waals surface area contributed by atoms with E-state index in [9.17, 15) is 4.79 Å². The molecule has 0 aromatic carbocycles. The molecule has 0 spiro atoms. The summed E-state index contributed by atoms with van der Waals surface area (Å²) in [6.45, 7) is 0.183. The number of carbonyl (C=O) groups is 1. The van der Waals surface area contributed by atoms with Crippen LogP contribution in [0.3, 0.4) is 0 Å². The largest absolute Gasteiger partial charge is 0.388 e. The molecule has 0 saturated heterocycles. The number of carbonyl (C=O) groups excluding carboxylic acids is 1. The van der Waals surface area contributed by atoms with Crippen LogP contribution in [0.1, 0.15) is 0 Å². The average Bonchev–Trinajstić information content (AvgIpc) is 1.83. The van der Waals surface area contributed by atoms with Gasteiger partial charge in [-0.1, -0.05) is 0 Å². The molecular formula is C5H10NO2+. The van der Waals surface area contributed by atoms with Crippen molar-refractivity contribution in [2.75, 3.05) is 13.2 Å². The van der Waals surface area contributed by atoms with E-state index in [-0.39, 0.29) is 5.78 Å². The molecule has 0 amide bonds. The van der Waals surface area contributed by atoms with Gasteiger partial charge >= 0.3 is 0 Å². The van der Waals surface area contributed by atoms with Gasteiger partial charge in [0.2, 0.25) is 0 Å². The number of rotatable bonds is 3. The zero-order valence-corrected chi connectivity index (χ0v) is 4.63. The molecule has 0 aliphatic heterocycles. The molecule has 0 fully saturated rings. The van der Waals surface area contributed by atoms with Crippen molar-refractivity contribution >= 4 is 5.78 Å². The molecule has 0 aliphatic rings. The minimum atomic E-state index is -0.406. The van der Waals surface area contributed by atoms with Gasteiger partial charge in [-0.15, -0.1) is 0 Å². The number of quaternary nitrogens is 1. The third-order valence-corrected chi connectivity index (χ3v) is 0.626. The summed E-state index contributed by atoms with van der Waals surface area (Å²) < 4.78 is 0. The van der Waals surface area contributed by atoms with Crippen molar-refractivity contribution in [1.29, 1.82) is 0 Å². The molecule has 0 aliphatic carbocycles. The minimum absolute atomic E-state index is 0.270. The van der Waals surface area contributed by atoms with Crippen molar-refractivity contribution in [2.24, 2.45) is 0 Å². The van der Waals surface area contributed by atoms with Gasteiger partial charge in [-0.3, -0.25) is 4.79 Å². The Hall–Kier alpha value is -0.670. The van der Waals surface area contributed by atoms with Crippen LogP contribution in [-0.2, 0) is 4.79 Å². The second-order valence-corrected chi connectivity index (χ2v) is 1.32. The van der Waals surface area contributed by atoms with Crippen LogP contribution < -0.4 is 5.73 Å². The molecule has 0 rings (SSSR count). The second-order valence-electron chi connectivity index (χ2n) is 1.32. The quantitative estimate of drug-likeness (QED) is 0.434. The molecule has 0 radical (unpaired) electrons. The summed E-state index contributed by atoms with van der Waals surface area (Å²) in [5.41, 5.74) is 3.47. The second kappa shape index (κ2) is 4.49. The number of aliphatic hydroxyl groups excluding tert-OH is 1. The molecular weight excluding hydrogens is 106 g/mol. The van der Waals surface area contributed by atoms with Crippen molar-refractivity contribution in [2.45, 2.75) is 0 Å². The Bertz CT molecular complexity index is 98.6. The van der Waals surface area contributed by atoms with Crippen LogP contribution in [0.15, 0.2) is 12.2 Å². The zero-order chi connectivity index (χ0) is 6.41. The van der Waals surface area contributed by atoms with Crippen LogP contribution in [0, 0.1) is 0 Å². The Balaban J connectivity index is 3.37. The van der Waals surface area contributed by atoms with Gasteiger partial charge in [-0.25, -0.2) is 0 Å². The van der Waals surface area contributed by atoms with E-state index in [4.69, 9.17) is 5.11 Å². The molecule has 0 bridgehead atoms. The van der Waals surface area contributed by atoms with E-state index in [0.717, 1.165) is 0 Å². The van der Waals surface area contributed by atoms with Crippen LogP contribution >= 0.6 is 0 Å². The van der Waals surface area contributed by atoms with Gasteiger partial charge < -0.3 is 10.8 Å². The fourth-order valence-electron chi connectivity index (χ4n) is 0.267. The molecule has 0 aromatic rings. The fraction of sp³-hybridized carbons (Fsp3) is 0.400. The molecule has 8 heavy (non-hydrogen) atoms. The highest BCUT2D eigenvalue weighted by atomic mass is 16.3. The predicted molar refractivity (Wildman–Crippen MR) is 29.0 cm³/mol. The summed E-state index contributed by atoms with van der Waals surface area (Å²) in [6, 6.07) is 0. The lowest BCUT2D eigenvalue weighted by atomic mass is 10.4. The SMILES string of the molecule is [NH3+]C/C=C/C(=O)CO. The molecule has 4 N–H and O–H groups in total. The predicted octanol–water partition coefficient (Wildman–Crippen LogP) is -1.65. The Morgan fingerprint density at radius 2 is 2.38 bits per heavy atom. The topological polar surface area (TPSA) is 64.9 Å². The molecule has 46 valence electrons. The van der Waals surface area contributed by atoms with Gasteiger partial charge in [-0.2, -0.15) is 0 Å². The molecule has 0 atom stereocenters. The van der Waals surface area contributed by atoms with E-state index < -0.39 is 6.61 Å². The number of ketones is 1. The Morgan fingerprint density at radius 1 is 1.75 bits per heavy atom. The van der Waals surface area contributed by atoms with E-state index in [1.807, 2.05) is 0 Å². The summed E-state index contributed by atoms with van der Waals surface area (Å²) in [5.74, 6) is -0.270. The van der Waals surface area contributed by atoms with Crippen LogP contribution in [-0.4, -0.2) is 24.0 Å². The Labute approximate surface area is 47.8 Å². The Kier molecular flexibility index (Phi) is 4.11. The summed E-state index contributed by atoms with van der Waals surface area (Å²) >= 11 is 0. The average molecular weight is 116 g/mol. The number of hydrogen-bond donors (Lipinski definition) is 2. The first-order valence-corrected chi connectivity index (χ1v) is 2.40. The van der Waals surface area contributed by atoms with E-state index in [1.54, 1.807) is 6.08 Å². The molecule has 0 saturated carbocycles. The highest BCUT2D eigenvalue weighted by Crippen LogP contribution is 1.70. The Morgan fingerprint density at radius 3 is 2.75 bits per heavy atom. The first-order chi connectivity index (χ1) is 3.81. The van der Waals surface area contributed by atoms with E-state index in [2.05, 4.69) is 5.73 Å². The highest BCUT2D eigenvalue weighted by molar-refractivity contribution is 5.90. The van der Waals surface area contributed by atoms with Crippen LogP contribution in [0.4, 0.5) is 0 Å². The van der Waals surface area contributed by atoms with Crippen LogP contribution in [0.2, 0.25) is 0 Å². The first-order valence-electron chi connectivity index (χ1n) is 2.40. The minimum Gasteiger partial charge on any atom is -0.388 e. The van der Waals surface area contributed by atoms with Crippen molar-refractivity contribution in [1.82, 2.24) is 0 Å². The fourth-order valence-corrected chi connectivity index (χ4v) is 0.267. The van der Waals surface area contributed by atoms with Crippen molar-refractivity contribution in [3.8, 4) is 0 Å². The maximum absolute atomic E-state index is 10.2. The van der Waals surface area contributed by atoms with E-state index >= 15 is 0 Å². The standard InChI is InChI=1S/C5H9NO2/c6-3-1-2-5(8)4-7/h1-2,7H,3-4,6H2/p+1/b2-1+. The summed E-state index contributed by atoms with van der Waals surface area (Å²) in [5, 5.41) is 8.14. The third-order valence-electron chi connectivity index (χ3n) is 0.626. The normalized spacial score (nSPS) is 10.2. The summed E-state index contributed by atoms with van der Waals surface area (Å²) in [6.07, 6.45) is 2.94. The number of aliphatic hydroxyl groups is 1. The summed E-state index contributed by atoms with van der Waals surface area (Å²) in [4.78, 5) is 10.2. The lowest BCUT2D eigenvalue weighted by molar-refractivity contribution is -0.352. The van der Waals surface area contributed by atoms with Crippen LogP contribution in [0.5, 0.6) is 0 Å². The lowest BCUT2D eigenvalue weighted by Gasteiger charge is -1.79. The molecule has 0 aromatic heterocycles. The van der Waals surface area contributed by atoms with Gasteiger partial charge in [0.05, 0.1) is 6.54 Å². The highest BCUT2D eigenvalue weighted by Gasteiger charge is 1.87. The van der Waals surface area contributed by atoms with Crippen molar-refractivity contribution in [3.63, 3.8) is 0 Å². The third kappa shape index (κ3) is 3.52. The molecule has 3 nitrogen and oxygen atoms in total. The number of hydrogen-bond acceptors (Lipinski definition) is 2. The molecule has 0 heterocycles. The van der Waals surface area contributed by atoms with Crippen molar-refractivity contribution < 1.29 is 15.6 Å². The lowest BCUT2D eigenvalue weighted by Crippen LogP contribution is -2.49. The van der Waals surface area contributed by atoms with Gasteiger partial charge in [0.25, 0.3) is 0 Å². The first kappa shape index (κ1) is 7.33. The van der Waals surface area contributed by atoms with E-state index in [0.29, 0.717) is 6.54 Å².